The van der Waals surface area contributed by atoms with Gasteiger partial charge in [-0.2, -0.15) is 0 Å². The highest BCUT2D eigenvalue weighted by atomic mass is 16.5. The van der Waals surface area contributed by atoms with Crippen LogP contribution in [0.1, 0.15) is 12.5 Å². The van der Waals surface area contributed by atoms with Crippen LogP contribution in [0.5, 0.6) is 11.5 Å². The average Bonchev–Trinajstić information content (AvgIpc) is 2.29. The first-order valence-electron chi connectivity index (χ1n) is 5.50. The Bertz CT molecular complexity index is 380. The van der Waals surface area contributed by atoms with Gasteiger partial charge in [-0.25, -0.2) is 4.79 Å². The van der Waals surface area contributed by atoms with Crippen molar-refractivity contribution in [3.05, 3.63) is 23.8 Å². The maximum atomic E-state index is 10.5. The van der Waals surface area contributed by atoms with Crippen molar-refractivity contribution in [2.24, 2.45) is 5.73 Å². The van der Waals surface area contributed by atoms with Gasteiger partial charge in [0, 0.05) is 6.54 Å². The van der Waals surface area contributed by atoms with E-state index < -0.39 is 6.03 Å². The first kappa shape index (κ1) is 13.2. The van der Waals surface area contributed by atoms with Gasteiger partial charge < -0.3 is 20.5 Å². The van der Waals surface area contributed by atoms with Gasteiger partial charge in [-0.15, -0.1) is 0 Å². The summed E-state index contributed by atoms with van der Waals surface area (Å²) < 4.78 is 10.6. The summed E-state index contributed by atoms with van der Waals surface area (Å²) in [5.41, 5.74) is 6.04. The third-order valence-corrected chi connectivity index (χ3v) is 2.24. The number of nitrogens with one attached hydrogen (secondary N) is 1. The topological polar surface area (TPSA) is 73.6 Å². The Morgan fingerprint density at radius 2 is 2.18 bits per heavy atom. The Labute approximate surface area is 101 Å². The highest BCUT2D eigenvalue weighted by Crippen LogP contribution is 2.28. The molecule has 0 radical (unpaired) electrons. The van der Waals surface area contributed by atoms with Gasteiger partial charge in [0.25, 0.3) is 0 Å². The van der Waals surface area contributed by atoms with Crippen LogP contribution in [0.4, 0.5) is 4.79 Å². The fourth-order valence-corrected chi connectivity index (χ4v) is 1.47. The number of hydrogen-bond acceptors (Lipinski definition) is 3. The smallest absolute Gasteiger partial charge is 0.312 e. The van der Waals surface area contributed by atoms with Crippen molar-refractivity contribution in [2.45, 2.75) is 13.3 Å². The van der Waals surface area contributed by atoms with Crippen molar-refractivity contribution in [1.29, 1.82) is 0 Å². The molecule has 0 aromatic heterocycles. The van der Waals surface area contributed by atoms with E-state index >= 15 is 0 Å². The maximum absolute atomic E-state index is 10.5. The molecular formula is C12H18N2O3. The lowest BCUT2D eigenvalue weighted by atomic mass is 10.1. The normalized spacial score (nSPS) is 9.76. The van der Waals surface area contributed by atoms with E-state index in [0.717, 1.165) is 5.56 Å². The maximum Gasteiger partial charge on any atom is 0.312 e. The van der Waals surface area contributed by atoms with Crippen molar-refractivity contribution in [3.8, 4) is 11.5 Å². The molecule has 0 atom stereocenters. The molecule has 0 aliphatic rings. The van der Waals surface area contributed by atoms with E-state index in [2.05, 4.69) is 5.32 Å². The first-order valence-corrected chi connectivity index (χ1v) is 5.50. The Hall–Kier alpha value is -1.91. The van der Waals surface area contributed by atoms with Gasteiger partial charge in [-0.05, 0) is 31.0 Å². The van der Waals surface area contributed by atoms with Crippen LogP contribution in [0.2, 0.25) is 0 Å². The zero-order chi connectivity index (χ0) is 12.7. The van der Waals surface area contributed by atoms with E-state index in [1.165, 1.54) is 0 Å². The summed E-state index contributed by atoms with van der Waals surface area (Å²) in [5, 5.41) is 2.54. The van der Waals surface area contributed by atoms with Crippen LogP contribution in [0, 0.1) is 0 Å². The Kier molecular flexibility index (Phi) is 5.13. The number of amides is 2. The van der Waals surface area contributed by atoms with Crippen LogP contribution < -0.4 is 20.5 Å². The van der Waals surface area contributed by atoms with Gasteiger partial charge in [-0.3, -0.25) is 0 Å². The van der Waals surface area contributed by atoms with Crippen LogP contribution in [-0.4, -0.2) is 26.3 Å². The summed E-state index contributed by atoms with van der Waals surface area (Å²) >= 11 is 0. The molecule has 0 saturated heterocycles. The number of nitrogens with two attached hydrogens (primary N) is 1. The highest BCUT2D eigenvalue weighted by Gasteiger charge is 2.05. The monoisotopic (exact) mass is 238 g/mol. The van der Waals surface area contributed by atoms with Crippen LogP contribution in [-0.2, 0) is 6.42 Å². The molecule has 0 saturated carbocycles. The SMILES string of the molecule is CCOc1cc(CCNC(N)=O)ccc1OC. The second kappa shape index (κ2) is 6.62. The summed E-state index contributed by atoms with van der Waals surface area (Å²) in [6.45, 7) is 3.01. The molecule has 94 valence electrons. The number of benzene rings is 1. The van der Waals surface area contributed by atoms with E-state index in [1.54, 1.807) is 7.11 Å². The number of carbonyl (C=O) groups excluding carboxylic acids is 1. The zero-order valence-corrected chi connectivity index (χ0v) is 10.2. The van der Waals surface area contributed by atoms with E-state index in [9.17, 15) is 4.79 Å². The molecule has 3 N–H and O–H groups in total. The third kappa shape index (κ3) is 4.22. The van der Waals surface area contributed by atoms with E-state index in [0.29, 0.717) is 31.1 Å². The molecule has 1 aromatic rings. The molecule has 0 spiro atoms. The summed E-state index contributed by atoms with van der Waals surface area (Å²) in [5.74, 6) is 1.42. The van der Waals surface area contributed by atoms with Gasteiger partial charge >= 0.3 is 6.03 Å². The summed E-state index contributed by atoms with van der Waals surface area (Å²) in [7, 11) is 1.60. The number of ether oxygens (including phenoxy) is 2. The number of rotatable bonds is 6. The van der Waals surface area contributed by atoms with E-state index in [1.807, 2.05) is 25.1 Å². The molecule has 0 bridgehead atoms. The van der Waals surface area contributed by atoms with Gasteiger partial charge in [0.1, 0.15) is 0 Å². The molecule has 0 aliphatic carbocycles. The predicted molar refractivity (Wildman–Crippen MR) is 65.5 cm³/mol. The van der Waals surface area contributed by atoms with Gasteiger partial charge in [0.05, 0.1) is 13.7 Å². The number of methoxy groups -OCH3 is 1. The molecule has 2 amide bonds. The zero-order valence-electron chi connectivity index (χ0n) is 10.2. The van der Waals surface area contributed by atoms with Crippen molar-refractivity contribution in [1.82, 2.24) is 5.32 Å². The van der Waals surface area contributed by atoms with E-state index in [4.69, 9.17) is 15.2 Å². The fraction of sp³-hybridized carbons (Fsp3) is 0.417. The van der Waals surface area contributed by atoms with Crippen molar-refractivity contribution >= 4 is 6.03 Å². The van der Waals surface area contributed by atoms with Crippen molar-refractivity contribution < 1.29 is 14.3 Å². The predicted octanol–water partition coefficient (Wildman–Crippen LogP) is 1.30. The van der Waals surface area contributed by atoms with Gasteiger partial charge in [0.2, 0.25) is 0 Å². The van der Waals surface area contributed by atoms with E-state index in [-0.39, 0.29) is 0 Å². The number of primary amides is 1. The number of urea groups is 1. The van der Waals surface area contributed by atoms with Gasteiger partial charge in [0.15, 0.2) is 11.5 Å². The molecule has 17 heavy (non-hydrogen) atoms. The highest BCUT2D eigenvalue weighted by molar-refractivity contribution is 5.71. The second-order valence-corrected chi connectivity index (χ2v) is 3.46. The van der Waals surface area contributed by atoms with Crippen LogP contribution >= 0.6 is 0 Å². The lowest BCUT2D eigenvalue weighted by Crippen LogP contribution is -2.30. The largest absolute Gasteiger partial charge is 0.493 e. The Morgan fingerprint density at radius 3 is 2.76 bits per heavy atom. The molecule has 0 fully saturated rings. The molecule has 0 unspecified atom stereocenters. The Balaban J connectivity index is 2.67. The fourth-order valence-electron chi connectivity index (χ4n) is 1.47. The van der Waals surface area contributed by atoms with Crippen LogP contribution in [0.25, 0.3) is 0 Å². The lowest BCUT2D eigenvalue weighted by molar-refractivity contribution is 0.249. The van der Waals surface area contributed by atoms with Crippen molar-refractivity contribution in [2.75, 3.05) is 20.3 Å². The number of carbonyl (C=O) groups is 1. The third-order valence-electron chi connectivity index (χ3n) is 2.24. The Morgan fingerprint density at radius 1 is 1.41 bits per heavy atom. The lowest BCUT2D eigenvalue weighted by Gasteiger charge is -2.11. The molecule has 0 heterocycles. The van der Waals surface area contributed by atoms with Gasteiger partial charge in [-0.1, -0.05) is 6.07 Å². The molecular weight excluding hydrogens is 220 g/mol. The quantitative estimate of drug-likeness (QED) is 0.784. The second-order valence-electron chi connectivity index (χ2n) is 3.46. The first-order chi connectivity index (χ1) is 8.17. The number of hydrogen-bond donors (Lipinski definition) is 2. The summed E-state index contributed by atoms with van der Waals surface area (Å²) in [6.07, 6.45) is 0.701. The molecule has 1 aromatic carbocycles. The minimum absolute atomic E-state index is 0.507. The minimum atomic E-state index is -0.511. The van der Waals surface area contributed by atoms with Crippen LogP contribution in [0.3, 0.4) is 0 Å². The van der Waals surface area contributed by atoms with Crippen LogP contribution in [0.15, 0.2) is 18.2 Å². The molecule has 1 rings (SSSR count). The summed E-state index contributed by atoms with van der Waals surface area (Å²) in [4.78, 5) is 10.5. The minimum Gasteiger partial charge on any atom is -0.493 e. The standard InChI is InChI=1S/C12H18N2O3/c1-3-17-11-8-9(4-5-10(11)16-2)6-7-14-12(13)15/h4-5,8H,3,6-7H2,1-2H3,(H3,13,14,15). The molecule has 5 heteroatoms. The molecule has 5 nitrogen and oxygen atoms in total. The van der Waals surface area contributed by atoms with Crippen molar-refractivity contribution in [3.63, 3.8) is 0 Å². The summed E-state index contributed by atoms with van der Waals surface area (Å²) in [6, 6.07) is 5.18. The average molecular weight is 238 g/mol. The molecule has 0 aliphatic heterocycles.